The van der Waals surface area contributed by atoms with Gasteiger partial charge in [-0.05, 0) is 94.0 Å². The molecular weight excluding hydrogens is 715 g/mol. The molecular formula is C55H41BN2O. The van der Waals surface area contributed by atoms with E-state index in [0.29, 0.717) is 0 Å². The van der Waals surface area contributed by atoms with Crippen LogP contribution in [0, 0.1) is 0 Å². The third-order valence-corrected chi connectivity index (χ3v) is 12.8. The van der Waals surface area contributed by atoms with Crippen LogP contribution in [0.4, 0.5) is 11.4 Å². The summed E-state index contributed by atoms with van der Waals surface area (Å²) >= 11 is 0. The molecule has 280 valence electrons. The molecule has 8 aromatic carbocycles. The van der Waals surface area contributed by atoms with Gasteiger partial charge in [-0.25, -0.2) is 0 Å². The van der Waals surface area contributed by atoms with Crippen LogP contribution in [-0.4, -0.2) is 11.4 Å². The highest BCUT2D eigenvalue weighted by Gasteiger charge is 2.45. The lowest BCUT2D eigenvalue weighted by atomic mass is 9.43. The van der Waals surface area contributed by atoms with E-state index in [1.165, 1.54) is 96.9 Å². The maximum Gasteiger partial charge on any atom is 0.333 e. The summed E-state index contributed by atoms with van der Waals surface area (Å²) in [5.41, 5.74) is 19.3. The number of hydrogen-bond donors (Lipinski definition) is 0. The summed E-state index contributed by atoms with van der Waals surface area (Å²) in [5.74, 6) is 0.894. The molecule has 0 spiro atoms. The van der Waals surface area contributed by atoms with Crippen molar-refractivity contribution in [2.45, 2.75) is 32.6 Å². The average Bonchev–Trinajstić information content (AvgIpc) is 3.85. The van der Waals surface area contributed by atoms with Gasteiger partial charge in [-0.15, -0.1) is 0 Å². The Labute approximate surface area is 344 Å². The molecule has 10 aromatic rings. The van der Waals surface area contributed by atoms with Gasteiger partial charge in [-0.1, -0.05) is 159 Å². The molecule has 0 aliphatic carbocycles. The van der Waals surface area contributed by atoms with Crippen molar-refractivity contribution in [3.63, 3.8) is 0 Å². The number of anilines is 2. The maximum absolute atomic E-state index is 7.10. The maximum atomic E-state index is 7.10. The SMILES string of the molecule is CCCCCc1ccc(N2B3c4cc5oc(-c6ccccc6)c(-c6ccccc6)c5cc4-n4c5ccccc5c5c(-c6ccccc6)cc(c3c54)-c3ccccc32)cc1. The zero-order valence-electron chi connectivity index (χ0n) is 33.0. The van der Waals surface area contributed by atoms with Gasteiger partial charge in [0.2, 0.25) is 0 Å². The number of hydrogen-bond acceptors (Lipinski definition) is 2. The Bertz CT molecular complexity index is 3220. The van der Waals surface area contributed by atoms with Crippen LogP contribution in [0.2, 0.25) is 0 Å². The van der Waals surface area contributed by atoms with Crippen molar-refractivity contribution in [2.24, 2.45) is 0 Å². The largest absolute Gasteiger partial charge is 0.455 e. The second kappa shape index (κ2) is 13.5. The molecule has 0 unspecified atom stereocenters. The number of rotatable bonds is 8. The Morgan fingerprint density at radius 1 is 0.542 bits per heavy atom. The quantitative estimate of drug-likeness (QED) is 0.114. The van der Waals surface area contributed by atoms with Gasteiger partial charge in [0.25, 0.3) is 0 Å². The molecule has 2 aliphatic heterocycles. The van der Waals surface area contributed by atoms with Crippen molar-refractivity contribution in [1.29, 1.82) is 0 Å². The van der Waals surface area contributed by atoms with Crippen molar-refractivity contribution in [3.05, 3.63) is 188 Å². The second-order valence-corrected chi connectivity index (χ2v) is 16.2. The first-order chi connectivity index (χ1) is 29.3. The molecule has 12 rings (SSSR count). The van der Waals surface area contributed by atoms with Gasteiger partial charge < -0.3 is 13.8 Å². The molecule has 0 N–H and O–H groups in total. The number of unbranched alkanes of at least 4 members (excludes halogenated alkanes) is 2. The second-order valence-electron chi connectivity index (χ2n) is 16.2. The Morgan fingerprint density at radius 3 is 1.98 bits per heavy atom. The number of fused-ring (bicyclic) bond motifs is 9. The van der Waals surface area contributed by atoms with Gasteiger partial charge in [0.1, 0.15) is 11.3 Å². The summed E-state index contributed by atoms with van der Waals surface area (Å²) in [5, 5.41) is 3.67. The summed E-state index contributed by atoms with van der Waals surface area (Å²) in [6.45, 7) is 2.16. The van der Waals surface area contributed by atoms with Crippen LogP contribution in [0.25, 0.3) is 83.2 Å². The monoisotopic (exact) mass is 756 g/mol. The van der Waals surface area contributed by atoms with Gasteiger partial charge >= 0.3 is 6.85 Å². The minimum absolute atomic E-state index is 0.111. The molecule has 2 aromatic heterocycles. The fraction of sp³-hybridized carbons (Fsp3) is 0.0909. The first kappa shape index (κ1) is 34.0. The average molecular weight is 757 g/mol. The van der Waals surface area contributed by atoms with Crippen molar-refractivity contribution in [1.82, 2.24) is 4.57 Å². The Hall–Kier alpha value is -7.04. The van der Waals surface area contributed by atoms with Gasteiger partial charge in [-0.3, -0.25) is 0 Å². The van der Waals surface area contributed by atoms with E-state index in [4.69, 9.17) is 4.42 Å². The lowest BCUT2D eigenvalue weighted by molar-refractivity contribution is 0.632. The van der Waals surface area contributed by atoms with Gasteiger partial charge in [0, 0.05) is 49.9 Å². The summed E-state index contributed by atoms with van der Waals surface area (Å²) < 4.78 is 9.68. The van der Waals surface area contributed by atoms with Crippen molar-refractivity contribution < 1.29 is 4.42 Å². The number of nitrogens with zero attached hydrogens (tertiary/aromatic N) is 2. The fourth-order valence-electron chi connectivity index (χ4n) is 10.2. The van der Waals surface area contributed by atoms with Crippen LogP contribution in [0.5, 0.6) is 0 Å². The lowest BCUT2D eigenvalue weighted by Crippen LogP contribution is -2.60. The first-order valence-electron chi connectivity index (χ1n) is 21.1. The summed E-state index contributed by atoms with van der Waals surface area (Å²) in [6, 6.07) is 67.0. The molecule has 3 nitrogen and oxygen atoms in total. The molecule has 0 bridgehead atoms. The molecule has 4 heteroatoms. The molecule has 0 saturated heterocycles. The standard InChI is InChI=1S/C55H41BN2O/c1-2-3-7-18-36-29-31-40(32-30-36)58-48-28-17-14-25-41(48)44-33-43(37-19-8-4-9-20-37)52-42-26-15-16-27-47(42)57-49-34-45-50(35-46(49)56(58)53(44)54(52)57)59-55(39-23-12-6-13-24-39)51(45)38-21-10-5-11-22-38/h4-6,8-17,19-35H,2-3,7,18H2,1H3. The smallest absolute Gasteiger partial charge is 0.333 e. The fourth-order valence-corrected chi connectivity index (χ4v) is 10.2. The number of benzene rings is 8. The van der Waals surface area contributed by atoms with Crippen molar-refractivity contribution >= 4 is 61.9 Å². The molecule has 59 heavy (non-hydrogen) atoms. The van der Waals surface area contributed by atoms with E-state index < -0.39 is 0 Å². The highest BCUT2D eigenvalue weighted by molar-refractivity contribution is 6.94. The topological polar surface area (TPSA) is 21.3 Å². The van der Waals surface area contributed by atoms with E-state index >= 15 is 0 Å². The molecule has 0 fully saturated rings. The Morgan fingerprint density at radius 2 is 1.22 bits per heavy atom. The molecule has 0 saturated carbocycles. The minimum atomic E-state index is -0.111. The van der Waals surface area contributed by atoms with E-state index in [1.54, 1.807) is 0 Å². The number of aryl methyl sites for hydroxylation is 1. The zero-order chi connectivity index (χ0) is 39.0. The molecule has 0 atom stereocenters. The van der Waals surface area contributed by atoms with Gasteiger partial charge in [0.15, 0.2) is 0 Å². The van der Waals surface area contributed by atoms with E-state index in [9.17, 15) is 0 Å². The van der Waals surface area contributed by atoms with Crippen LogP contribution >= 0.6 is 0 Å². The number of para-hydroxylation sites is 2. The first-order valence-corrected chi connectivity index (χ1v) is 21.1. The highest BCUT2D eigenvalue weighted by atomic mass is 16.3. The van der Waals surface area contributed by atoms with Gasteiger partial charge in [0.05, 0.1) is 11.0 Å². The predicted octanol–water partition coefficient (Wildman–Crippen LogP) is 13.5. The van der Waals surface area contributed by atoms with E-state index in [2.05, 4.69) is 198 Å². The minimum Gasteiger partial charge on any atom is -0.455 e. The van der Waals surface area contributed by atoms with Crippen molar-refractivity contribution in [2.75, 3.05) is 4.81 Å². The lowest BCUT2D eigenvalue weighted by Gasteiger charge is -2.42. The van der Waals surface area contributed by atoms with E-state index in [-0.39, 0.29) is 6.85 Å². The molecule has 4 heterocycles. The van der Waals surface area contributed by atoms with E-state index in [0.717, 1.165) is 39.8 Å². The zero-order valence-corrected chi connectivity index (χ0v) is 33.0. The van der Waals surface area contributed by atoms with Crippen molar-refractivity contribution in [3.8, 4) is 50.4 Å². The molecule has 0 radical (unpaired) electrons. The molecule has 0 amide bonds. The highest BCUT2D eigenvalue weighted by Crippen LogP contribution is 2.49. The molecule has 2 aliphatic rings. The summed E-state index contributed by atoms with van der Waals surface area (Å²) in [7, 11) is 0. The number of aromatic nitrogens is 1. The third kappa shape index (κ3) is 5.15. The van der Waals surface area contributed by atoms with Crippen LogP contribution in [0.3, 0.4) is 0 Å². The van der Waals surface area contributed by atoms with Crippen LogP contribution < -0.4 is 15.7 Å². The van der Waals surface area contributed by atoms with Crippen LogP contribution in [0.15, 0.2) is 186 Å². The predicted molar refractivity (Wildman–Crippen MR) is 249 cm³/mol. The third-order valence-electron chi connectivity index (χ3n) is 12.8. The number of furan rings is 1. The van der Waals surface area contributed by atoms with E-state index in [1.807, 2.05) is 0 Å². The Balaban J connectivity index is 1.22. The normalized spacial score (nSPS) is 12.7. The summed E-state index contributed by atoms with van der Waals surface area (Å²) in [6.07, 6.45) is 4.80. The van der Waals surface area contributed by atoms with Crippen LogP contribution in [0.1, 0.15) is 31.7 Å². The summed E-state index contributed by atoms with van der Waals surface area (Å²) in [4.78, 5) is 2.61. The van der Waals surface area contributed by atoms with Crippen LogP contribution in [-0.2, 0) is 6.42 Å². The Kier molecular flexibility index (Phi) is 7.81. The van der Waals surface area contributed by atoms with Gasteiger partial charge in [-0.2, -0.15) is 0 Å².